The molecule has 0 radical (unpaired) electrons. The zero-order chi connectivity index (χ0) is 8.97. The van der Waals surface area contributed by atoms with Crippen LogP contribution in [0.3, 0.4) is 0 Å². The van der Waals surface area contributed by atoms with Gasteiger partial charge in [0, 0.05) is 12.4 Å². The summed E-state index contributed by atoms with van der Waals surface area (Å²) in [5.41, 5.74) is 0. The molecule has 0 aliphatic carbocycles. The molecule has 4 nitrogen and oxygen atoms in total. The summed E-state index contributed by atoms with van der Waals surface area (Å²) in [6, 6.07) is 1.67. The highest BCUT2D eigenvalue weighted by atomic mass is 35.5. The molecule has 0 fully saturated rings. The first-order valence-electron chi connectivity index (χ1n) is 3.42. The number of amides is 1. The van der Waals surface area contributed by atoms with E-state index in [-0.39, 0.29) is 11.9 Å². The Bertz CT molecular complexity index is 263. The normalized spacial score (nSPS) is 12.2. The monoisotopic (exact) mass is 185 g/mol. The molecule has 0 aromatic carbocycles. The fourth-order valence-electron chi connectivity index (χ4n) is 0.573. The summed E-state index contributed by atoms with van der Waals surface area (Å²) in [4.78, 5) is 18.6. The van der Waals surface area contributed by atoms with Gasteiger partial charge < -0.3 is 0 Å². The number of carbonyl (C=O) groups is 1. The van der Waals surface area contributed by atoms with Crippen LogP contribution in [0, 0.1) is 0 Å². The number of carbonyl (C=O) groups excluding carboxylic acids is 1. The number of nitrogens with one attached hydrogen (secondary N) is 1. The third-order valence-electron chi connectivity index (χ3n) is 1.16. The first kappa shape index (κ1) is 8.93. The Labute approximate surface area is 75.0 Å². The molecule has 0 spiro atoms. The number of aromatic nitrogens is 2. The molecule has 1 aromatic heterocycles. The molecule has 12 heavy (non-hydrogen) atoms. The van der Waals surface area contributed by atoms with Gasteiger partial charge in [-0.05, 0) is 13.0 Å². The van der Waals surface area contributed by atoms with E-state index in [1.165, 1.54) is 0 Å². The van der Waals surface area contributed by atoms with Crippen molar-refractivity contribution in [2.45, 2.75) is 12.3 Å². The maximum Gasteiger partial charge on any atom is 0.244 e. The topological polar surface area (TPSA) is 54.9 Å². The summed E-state index contributed by atoms with van der Waals surface area (Å²) >= 11 is 5.51. The fourth-order valence-corrected chi connectivity index (χ4v) is 0.628. The molecule has 0 bridgehead atoms. The van der Waals surface area contributed by atoms with Crippen LogP contribution >= 0.6 is 11.6 Å². The van der Waals surface area contributed by atoms with E-state index >= 15 is 0 Å². The minimum absolute atomic E-state index is 0.273. The third kappa shape index (κ3) is 2.47. The lowest BCUT2D eigenvalue weighted by Gasteiger charge is -2.02. The molecule has 1 atom stereocenters. The van der Waals surface area contributed by atoms with Gasteiger partial charge in [-0.15, -0.1) is 11.6 Å². The van der Waals surface area contributed by atoms with Crippen molar-refractivity contribution >= 4 is 23.5 Å². The second-order valence-corrected chi connectivity index (χ2v) is 2.83. The summed E-state index contributed by atoms with van der Waals surface area (Å²) in [5.74, 6) is -0.0298. The first-order chi connectivity index (χ1) is 5.70. The number of halogens is 1. The lowest BCUT2D eigenvalue weighted by molar-refractivity contribution is -0.115. The van der Waals surface area contributed by atoms with Crippen LogP contribution in [0.2, 0.25) is 0 Å². The summed E-state index contributed by atoms with van der Waals surface area (Å²) in [7, 11) is 0. The maximum atomic E-state index is 11.0. The molecule has 0 saturated heterocycles. The number of rotatable bonds is 2. The molecule has 0 saturated carbocycles. The van der Waals surface area contributed by atoms with Gasteiger partial charge in [0.2, 0.25) is 11.9 Å². The Morgan fingerprint density at radius 1 is 1.58 bits per heavy atom. The van der Waals surface area contributed by atoms with E-state index in [4.69, 9.17) is 11.6 Å². The number of nitrogens with zero attached hydrogens (tertiary/aromatic N) is 2. The van der Waals surface area contributed by atoms with Crippen molar-refractivity contribution in [2.24, 2.45) is 0 Å². The van der Waals surface area contributed by atoms with Gasteiger partial charge in [-0.25, -0.2) is 9.97 Å². The number of alkyl halides is 1. The van der Waals surface area contributed by atoms with Gasteiger partial charge in [0.15, 0.2) is 0 Å². The second-order valence-electron chi connectivity index (χ2n) is 2.18. The van der Waals surface area contributed by atoms with E-state index in [1.54, 1.807) is 25.4 Å². The van der Waals surface area contributed by atoms with E-state index in [2.05, 4.69) is 15.3 Å². The Morgan fingerprint density at radius 3 is 2.67 bits per heavy atom. The Kier molecular flexibility index (Phi) is 2.99. The van der Waals surface area contributed by atoms with Gasteiger partial charge in [-0.2, -0.15) is 0 Å². The van der Waals surface area contributed by atoms with Crippen molar-refractivity contribution in [3.05, 3.63) is 18.5 Å². The van der Waals surface area contributed by atoms with E-state index < -0.39 is 5.38 Å². The SMILES string of the molecule is C[C@@H](Cl)C(=O)Nc1ncccn1. The zero-order valence-electron chi connectivity index (χ0n) is 6.49. The number of hydrogen-bond donors (Lipinski definition) is 1. The average Bonchev–Trinajstić information content (AvgIpc) is 2.06. The average molecular weight is 186 g/mol. The van der Waals surface area contributed by atoms with Crippen LogP contribution in [-0.4, -0.2) is 21.3 Å². The third-order valence-corrected chi connectivity index (χ3v) is 1.36. The molecule has 1 aromatic rings. The van der Waals surface area contributed by atoms with Crippen molar-refractivity contribution in [1.29, 1.82) is 0 Å². The smallest absolute Gasteiger partial charge is 0.244 e. The van der Waals surface area contributed by atoms with E-state index in [1.807, 2.05) is 0 Å². The highest BCUT2D eigenvalue weighted by Crippen LogP contribution is 1.99. The molecule has 1 heterocycles. The summed E-state index contributed by atoms with van der Waals surface area (Å²) in [6.45, 7) is 1.58. The molecular formula is C7H8ClN3O. The standard InChI is InChI=1S/C7H8ClN3O/c1-5(8)6(12)11-7-9-3-2-4-10-7/h2-5H,1H3,(H,9,10,11,12)/t5-/m1/s1. The molecule has 1 N–H and O–H groups in total. The fraction of sp³-hybridized carbons (Fsp3) is 0.286. The van der Waals surface area contributed by atoms with Crippen LogP contribution in [0.1, 0.15) is 6.92 Å². The summed E-state index contributed by atoms with van der Waals surface area (Å²) in [6.07, 6.45) is 3.09. The van der Waals surface area contributed by atoms with Crippen molar-refractivity contribution < 1.29 is 4.79 Å². The predicted molar refractivity (Wildman–Crippen MR) is 46.0 cm³/mol. The van der Waals surface area contributed by atoms with E-state index in [0.29, 0.717) is 0 Å². The van der Waals surface area contributed by atoms with Gasteiger partial charge in [0.25, 0.3) is 0 Å². The Balaban J connectivity index is 2.59. The van der Waals surface area contributed by atoms with Crippen LogP contribution in [0.4, 0.5) is 5.95 Å². The quantitative estimate of drug-likeness (QED) is 0.701. The van der Waals surface area contributed by atoms with Gasteiger partial charge in [-0.3, -0.25) is 10.1 Å². The van der Waals surface area contributed by atoms with Gasteiger partial charge in [0.1, 0.15) is 5.38 Å². The largest absolute Gasteiger partial charge is 0.293 e. The van der Waals surface area contributed by atoms with Crippen LogP contribution in [-0.2, 0) is 4.79 Å². The van der Waals surface area contributed by atoms with Gasteiger partial charge in [0.05, 0.1) is 0 Å². The second kappa shape index (κ2) is 4.01. The molecular weight excluding hydrogens is 178 g/mol. The Hall–Kier alpha value is -1.16. The molecule has 1 rings (SSSR count). The lowest BCUT2D eigenvalue weighted by Crippen LogP contribution is -2.21. The van der Waals surface area contributed by atoms with Gasteiger partial charge in [-0.1, -0.05) is 0 Å². The lowest BCUT2D eigenvalue weighted by atomic mass is 10.4. The minimum Gasteiger partial charge on any atom is -0.293 e. The van der Waals surface area contributed by atoms with E-state index in [0.717, 1.165) is 0 Å². The first-order valence-corrected chi connectivity index (χ1v) is 3.86. The van der Waals surface area contributed by atoms with Crippen molar-refractivity contribution in [3.8, 4) is 0 Å². The summed E-state index contributed by atoms with van der Waals surface area (Å²) in [5, 5.41) is 1.87. The Morgan fingerprint density at radius 2 is 2.17 bits per heavy atom. The van der Waals surface area contributed by atoms with Crippen molar-refractivity contribution in [1.82, 2.24) is 9.97 Å². The summed E-state index contributed by atoms with van der Waals surface area (Å²) < 4.78 is 0. The molecule has 0 unspecified atom stereocenters. The number of hydrogen-bond acceptors (Lipinski definition) is 3. The zero-order valence-corrected chi connectivity index (χ0v) is 7.25. The van der Waals surface area contributed by atoms with Gasteiger partial charge >= 0.3 is 0 Å². The van der Waals surface area contributed by atoms with E-state index in [9.17, 15) is 4.79 Å². The van der Waals surface area contributed by atoms with Crippen molar-refractivity contribution in [3.63, 3.8) is 0 Å². The highest BCUT2D eigenvalue weighted by molar-refractivity contribution is 6.32. The maximum absolute atomic E-state index is 11.0. The predicted octanol–water partition coefficient (Wildman–Crippen LogP) is 1.04. The highest BCUT2D eigenvalue weighted by Gasteiger charge is 2.09. The van der Waals surface area contributed by atoms with Crippen molar-refractivity contribution in [2.75, 3.05) is 5.32 Å². The minimum atomic E-state index is -0.575. The molecule has 5 heteroatoms. The molecule has 0 aliphatic rings. The molecule has 1 amide bonds. The molecule has 64 valence electrons. The number of anilines is 1. The van der Waals surface area contributed by atoms with Crippen LogP contribution in [0.5, 0.6) is 0 Å². The van der Waals surface area contributed by atoms with Crippen LogP contribution < -0.4 is 5.32 Å². The van der Waals surface area contributed by atoms with Crippen LogP contribution in [0.15, 0.2) is 18.5 Å². The molecule has 0 aliphatic heterocycles. The van der Waals surface area contributed by atoms with Crippen LogP contribution in [0.25, 0.3) is 0 Å².